The van der Waals surface area contributed by atoms with Crippen molar-refractivity contribution in [2.75, 3.05) is 39.3 Å². The van der Waals surface area contributed by atoms with E-state index in [0.717, 1.165) is 5.92 Å². The Morgan fingerprint density at radius 3 is 1.75 bits per heavy atom. The number of rotatable bonds is 14. The first kappa shape index (κ1) is 24.2. The number of hydrogen-bond acceptors (Lipinski definition) is 2. The summed E-state index contributed by atoms with van der Waals surface area (Å²) in [5.41, 5.74) is 0.501. The van der Waals surface area contributed by atoms with Crippen LogP contribution in [0, 0.1) is 11.3 Å². The van der Waals surface area contributed by atoms with Gasteiger partial charge in [0.2, 0.25) is 0 Å². The van der Waals surface area contributed by atoms with Gasteiger partial charge in [0.25, 0.3) is 0 Å². The summed E-state index contributed by atoms with van der Waals surface area (Å²) in [5.74, 6) is 0.929. The first-order chi connectivity index (χ1) is 13.6. The third-order valence-corrected chi connectivity index (χ3v) is 7.60. The maximum Gasteiger partial charge on any atom is 0.00353 e. The molecule has 2 aliphatic rings. The molecule has 2 aliphatic heterocycles. The summed E-state index contributed by atoms with van der Waals surface area (Å²) in [7, 11) is 0. The fourth-order valence-electron chi connectivity index (χ4n) is 5.58. The van der Waals surface area contributed by atoms with Crippen molar-refractivity contribution in [3.63, 3.8) is 0 Å². The molecule has 0 aromatic rings. The summed E-state index contributed by atoms with van der Waals surface area (Å²) in [4.78, 5) is 5.51. The molecule has 2 saturated heterocycles. The summed E-state index contributed by atoms with van der Waals surface area (Å²) < 4.78 is 0. The Morgan fingerprint density at radius 2 is 1.18 bits per heavy atom. The molecule has 0 atom stereocenters. The summed E-state index contributed by atoms with van der Waals surface area (Å²) in [6.45, 7) is 15.5. The van der Waals surface area contributed by atoms with Gasteiger partial charge in [-0.2, -0.15) is 0 Å². The second-order valence-electron chi connectivity index (χ2n) is 10.6. The minimum Gasteiger partial charge on any atom is -0.303 e. The van der Waals surface area contributed by atoms with Crippen molar-refractivity contribution < 1.29 is 0 Å². The lowest BCUT2D eigenvalue weighted by atomic mass is 9.73. The molecule has 2 fully saturated rings. The molecule has 2 heterocycles. The number of nitrogens with zero attached hydrogens (tertiary/aromatic N) is 2. The van der Waals surface area contributed by atoms with Crippen LogP contribution < -0.4 is 0 Å². The van der Waals surface area contributed by atoms with E-state index in [0.29, 0.717) is 5.41 Å². The lowest BCUT2D eigenvalue weighted by molar-refractivity contribution is 0.0574. The summed E-state index contributed by atoms with van der Waals surface area (Å²) in [5, 5.41) is 0. The van der Waals surface area contributed by atoms with Gasteiger partial charge in [-0.05, 0) is 76.2 Å². The first-order valence-corrected chi connectivity index (χ1v) is 13.1. The van der Waals surface area contributed by atoms with E-state index in [1.54, 1.807) is 0 Å². The largest absolute Gasteiger partial charge is 0.303 e. The van der Waals surface area contributed by atoms with Crippen LogP contribution in [0.3, 0.4) is 0 Å². The van der Waals surface area contributed by atoms with Crippen LogP contribution in [0.25, 0.3) is 0 Å². The Kier molecular flexibility index (Phi) is 12.1. The van der Waals surface area contributed by atoms with Gasteiger partial charge in [0.05, 0.1) is 0 Å². The normalized spacial score (nSPS) is 20.7. The lowest BCUT2D eigenvalue weighted by Gasteiger charge is -2.44. The number of unbranched alkanes of at least 4 members (excludes halogenated alkanes) is 9. The van der Waals surface area contributed by atoms with E-state index in [9.17, 15) is 0 Å². The first-order valence-electron chi connectivity index (χ1n) is 13.1. The fourth-order valence-corrected chi connectivity index (χ4v) is 5.58. The van der Waals surface area contributed by atoms with Crippen molar-refractivity contribution in [3.05, 3.63) is 0 Å². The van der Waals surface area contributed by atoms with Crippen LogP contribution >= 0.6 is 0 Å². The minimum atomic E-state index is 0.501. The molecule has 0 bridgehead atoms. The third kappa shape index (κ3) is 9.61. The zero-order chi connectivity index (χ0) is 20.1. The van der Waals surface area contributed by atoms with Crippen molar-refractivity contribution in [1.29, 1.82) is 0 Å². The predicted molar refractivity (Wildman–Crippen MR) is 125 cm³/mol. The highest BCUT2D eigenvalue weighted by molar-refractivity contribution is 4.86. The van der Waals surface area contributed by atoms with Crippen LogP contribution in [-0.2, 0) is 0 Å². The van der Waals surface area contributed by atoms with Gasteiger partial charge < -0.3 is 9.80 Å². The summed E-state index contributed by atoms with van der Waals surface area (Å²) in [6, 6.07) is 0. The molecule has 0 N–H and O–H groups in total. The predicted octanol–water partition coefficient (Wildman–Crippen LogP) is 7.13. The van der Waals surface area contributed by atoms with Gasteiger partial charge in [-0.25, -0.2) is 0 Å². The van der Waals surface area contributed by atoms with Crippen LogP contribution in [0.2, 0.25) is 0 Å². The van der Waals surface area contributed by atoms with Gasteiger partial charge >= 0.3 is 0 Å². The Bertz CT molecular complexity index is 365. The van der Waals surface area contributed by atoms with Crippen LogP contribution in [0.15, 0.2) is 0 Å². The van der Waals surface area contributed by atoms with Crippen LogP contribution in [0.5, 0.6) is 0 Å². The molecule has 2 rings (SSSR count). The number of hydrogen-bond donors (Lipinski definition) is 0. The number of likely N-dealkylation sites (tertiary alicyclic amines) is 2. The molecule has 0 radical (unpaired) electrons. The van der Waals surface area contributed by atoms with Crippen molar-refractivity contribution >= 4 is 0 Å². The third-order valence-electron chi connectivity index (χ3n) is 7.60. The van der Waals surface area contributed by atoms with Gasteiger partial charge in [0.1, 0.15) is 0 Å². The SMILES string of the molecule is CCCCCCCCCCCCN1CCC(C(C)(C)CN2CCCCC2)CC1. The quantitative estimate of drug-likeness (QED) is 0.290. The van der Waals surface area contributed by atoms with E-state index >= 15 is 0 Å². The molecule has 0 saturated carbocycles. The maximum absolute atomic E-state index is 2.76. The van der Waals surface area contributed by atoms with Gasteiger partial charge in [-0.1, -0.05) is 85.0 Å². The van der Waals surface area contributed by atoms with Gasteiger partial charge in [-0.3, -0.25) is 0 Å². The molecule has 28 heavy (non-hydrogen) atoms. The Labute approximate surface area is 177 Å². The molecule has 0 aromatic carbocycles. The van der Waals surface area contributed by atoms with E-state index in [2.05, 4.69) is 30.6 Å². The Balaban J connectivity index is 1.48. The Hall–Kier alpha value is -0.0800. The molecular formula is C26H52N2. The standard InChI is InChI=1S/C26H52N2/c1-4-5-6-7-8-9-10-11-12-14-19-27-22-17-25(18-23-27)26(2,3)24-28-20-15-13-16-21-28/h25H,4-24H2,1-3H3. The summed E-state index contributed by atoms with van der Waals surface area (Å²) in [6.07, 6.45) is 21.7. The highest BCUT2D eigenvalue weighted by atomic mass is 15.1. The topological polar surface area (TPSA) is 6.48 Å². The van der Waals surface area contributed by atoms with E-state index in [1.165, 1.54) is 136 Å². The zero-order valence-electron chi connectivity index (χ0n) is 19.8. The van der Waals surface area contributed by atoms with E-state index < -0.39 is 0 Å². The van der Waals surface area contributed by atoms with E-state index in [4.69, 9.17) is 0 Å². The molecule has 0 aromatic heterocycles. The number of piperidine rings is 2. The molecule has 0 spiro atoms. The van der Waals surface area contributed by atoms with Gasteiger partial charge in [-0.15, -0.1) is 0 Å². The van der Waals surface area contributed by atoms with Crippen molar-refractivity contribution in [2.45, 2.75) is 117 Å². The molecule has 0 aliphatic carbocycles. The van der Waals surface area contributed by atoms with Crippen LogP contribution in [-0.4, -0.2) is 49.1 Å². The fraction of sp³-hybridized carbons (Fsp3) is 1.00. The molecule has 2 heteroatoms. The molecular weight excluding hydrogens is 340 g/mol. The highest BCUT2D eigenvalue weighted by Gasteiger charge is 2.34. The second-order valence-corrected chi connectivity index (χ2v) is 10.6. The minimum absolute atomic E-state index is 0.501. The van der Waals surface area contributed by atoms with E-state index in [1.807, 2.05) is 0 Å². The van der Waals surface area contributed by atoms with Crippen molar-refractivity contribution in [2.24, 2.45) is 11.3 Å². The lowest BCUT2D eigenvalue weighted by Crippen LogP contribution is -2.45. The van der Waals surface area contributed by atoms with Crippen molar-refractivity contribution in [3.8, 4) is 0 Å². The monoisotopic (exact) mass is 392 g/mol. The van der Waals surface area contributed by atoms with Crippen molar-refractivity contribution in [1.82, 2.24) is 9.80 Å². The van der Waals surface area contributed by atoms with E-state index in [-0.39, 0.29) is 0 Å². The smallest absolute Gasteiger partial charge is 0.00353 e. The molecule has 0 amide bonds. The second kappa shape index (κ2) is 14.0. The molecule has 166 valence electrons. The van der Waals surface area contributed by atoms with Gasteiger partial charge in [0.15, 0.2) is 0 Å². The average molecular weight is 393 g/mol. The average Bonchev–Trinajstić information content (AvgIpc) is 2.70. The molecule has 0 unspecified atom stereocenters. The zero-order valence-corrected chi connectivity index (χ0v) is 19.8. The molecule has 2 nitrogen and oxygen atoms in total. The van der Waals surface area contributed by atoms with Crippen LogP contribution in [0.1, 0.15) is 117 Å². The Morgan fingerprint density at radius 1 is 0.643 bits per heavy atom. The van der Waals surface area contributed by atoms with Crippen LogP contribution in [0.4, 0.5) is 0 Å². The highest BCUT2D eigenvalue weighted by Crippen LogP contribution is 2.36. The summed E-state index contributed by atoms with van der Waals surface area (Å²) >= 11 is 0. The maximum atomic E-state index is 2.76. The van der Waals surface area contributed by atoms with Gasteiger partial charge in [0, 0.05) is 6.54 Å².